The maximum atomic E-state index is 13.6. The Balaban J connectivity index is 1.73. The number of rotatable bonds is 7. The van der Waals surface area contributed by atoms with E-state index < -0.39 is 31.9 Å². The van der Waals surface area contributed by atoms with E-state index in [-0.39, 0.29) is 18.0 Å². The highest BCUT2D eigenvalue weighted by Gasteiger charge is 2.38. The summed E-state index contributed by atoms with van der Waals surface area (Å²) < 4.78 is 72.3. The zero-order valence-electron chi connectivity index (χ0n) is 16.8. The van der Waals surface area contributed by atoms with Crippen molar-refractivity contribution in [3.63, 3.8) is 0 Å². The number of nitrogens with zero attached hydrogens (tertiary/aromatic N) is 3. The van der Waals surface area contributed by atoms with Crippen LogP contribution in [0.25, 0.3) is 0 Å². The molecule has 1 unspecified atom stereocenters. The molecule has 0 N–H and O–H groups in total. The van der Waals surface area contributed by atoms with Crippen LogP contribution in [0.3, 0.4) is 0 Å². The molecule has 2 heterocycles. The van der Waals surface area contributed by atoms with Crippen LogP contribution in [0.15, 0.2) is 23.1 Å². The molecule has 2 aliphatic rings. The van der Waals surface area contributed by atoms with Crippen molar-refractivity contribution in [2.24, 2.45) is 0 Å². The summed E-state index contributed by atoms with van der Waals surface area (Å²) in [6.45, 7) is 5.51. The van der Waals surface area contributed by atoms with Crippen molar-refractivity contribution in [2.75, 3.05) is 58.7 Å². The van der Waals surface area contributed by atoms with E-state index in [2.05, 4.69) is 4.90 Å². The zero-order valence-corrected chi connectivity index (χ0v) is 18.4. The molecule has 1 aromatic carbocycles. The first kappa shape index (κ1) is 22.6. The lowest BCUT2D eigenvalue weighted by atomic mass is 10.2. The lowest BCUT2D eigenvalue weighted by Gasteiger charge is -2.31. The van der Waals surface area contributed by atoms with Crippen LogP contribution in [-0.4, -0.2) is 95.1 Å². The quantitative estimate of drug-likeness (QED) is 0.602. The van der Waals surface area contributed by atoms with E-state index in [0.29, 0.717) is 38.3 Å². The molecular weight excluding hydrogens is 421 g/mol. The van der Waals surface area contributed by atoms with Crippen LogP contribution in [0.5, 0.6) is 0 Å². The summed E-state index contributed by atoms with van der Waals surface area (Å²) in [7, 11) is -7.40. The molecule has 0 aliphatic carbocycles. The molecule has 8 nitrogen and oxygen atoms in total. The van der Waals surface area contributed by atoms with Gasteiger partial charge in [0.15, 0.2) is 0 Å². The zero-order chi connectivity index (χ0) is 21.2. The van der Waals surface area contributed by atoms with Gasteiger partial charge in [-0.2, -0.15) is 8.61 Å². The van der Waals surface area contributed by atoms with Gasteiger partial charge in [-0.05, 0) is 31.0 Å². The summed E-state index contributed by atoms with van der Waals surface area (Å²) in [6, 6.07) is 3.23. The maximum absolute atomic E-state index is 13.6. The molecule has 0 amide bonds. The van der Waals surface area contributed by atoms with Crippen LogP contribution in [0, 0.1) is 12.7 Å². The Hall–Kier alpha value is -1.11. The third-order valence-electron chi connectivity index (χ3n) is 5.47. The van der Waals surface area contributed by atoms with Gasteiger partial charge in [0.25, 0.3) is 0 Å². The van der Waals surface area contributed by atoms with Crippen LogP contribution in [0.1, 0.15) is 12.0 Å². The molecule has 3 rings (SSSR count). The largest absolute Gasteiger partial charge is 0.379 e. The molecule has 0 aromatic heterocycles. The number of halogens is 1. The minimum Gasteiger partial charge on any atom is -0.379 e. The summed E-state index contributed by atoms with van der Waals surface area (Å²) in [4.78, 5) is 2.07. The molecule has 2 saturated heterocycles. The minimum atomic E-state index is -3.89. The van der Waals surface area contributed by atoms with E-state index >= 15 is 0 Å². The Morgan fingerprint density at radius 3 is 2.52 bits per heavy atom. The van der Waals surface area contributed by atoms with E-state index in [1.54, 1.807) is 6.92 Å². The van der Waals surface area contributed by atoms with Crippen molar-refractivity contribution in [3.8, 4) is 0 Å². The van der Waals surface area contributed by atoms with E-state index in [9.17, 15) is 21.2 Å². The second-order valence-corrected chi connectivity index (χ2v) is 11.4. The standard InChI is InChI=1S/C18H28FN3O5S2/c1-15-3-4-16(19)13-18(15)29(25,26)21-6-5-17(14-21)22(28(2,23)24)8-7-20-9-11-27-12-10-20/h3-4,13,17H,5-12,14H2,1-2H3. The van der Waals surface area contributed by atoms with Crippen molar-refractivity contribution < 1.29 is 26.0 Å². The highest BCUT2D eigenvalue weighted by molar-refractivity contribution is 7.89. The van der Waals surface area contributed by atoms with Gasteiger partial charge < -0.3 is 4.74 Å². The van der Waals surface area contributed by atoms with Gasteiger partial charge >= 0.3 is 0 Å². The average molecular weight is 450 g/mol. The van der Waals surface area contributed by atoms with Crippen LogP contribution < -0.4 is 0 Å². The fraction of sp³-hybridized carbons (Fsp3) is 0.667. The van der Waals surface area contributed by atoms with Gasteiger partial charge in [-0.3, -0.25) is 4.90 Å². The van der Waals surface area contributed by atoms with Gasteiger partial charge in [-0.1, -0.05) is 6.07 Å². The number of morpholine rings is 1. The predicted molar refractivity (Wildman–Crippen MR) is 107 cm³/mol. The normalized spacial score (nSPS) is 22.4. The monoisotopic (exact) mass is 449 g/mol. The number of hydrogen-bond donors (Lipinski definition) is 0. The second kappa shape index (κ2) is 8.94. The Morgan fingerprint density at radius 1 is 1.17 bits per heavy atom. The fourth-order valence-corrected chi connectivity index (χ4v) is 6.69. The van der Waals surface area contributed by atoms with Crippen LogP contribution >= 0.6 is 0 Å². The van der Waals surface area contributed by atoms with Gasteiger partial charge in [0, 0.05) is 45.3 Å². The van der Waals surface area contributed by atoms with Gasteiger partial charge in [-0.25, -0.2) is 21.2 Å². The molecule has 1 atom stereocenters. The first-order valence-corrected chi connectivity index (χ1v) is 12.9. The molecule has 0 bridgehead atoms. The molecule has 29 heavy (non-hydrogen) atoms. The Bertz CT molecular complexity index is 933. The van der Waals surface area contributed by atoms with E-state index in [1.165, 1.54) is 20.7 Å². The topological polar surface area (TPSA) is 87.2 Å². The molecule has 1 aromatic rings. The Kier molecular flexibility index (Phi) is 6.96. The van der Waals surface area contributed by atoms with Crippen molar-refractivity contribution in [3.05, 3.63) is 29.6 Å². The third kappa shape index (κ3) is 5.33. The number of hydrogen-bond acceptors (Lipinski definition) is 6. The van der Waals surface area contributed by atoms with Crippen LogP contribution in [-0.2, 0) is 24.8 Å². The van der Waals surface area contributed by atoms with Gasteiger partial charge in [0.05, 0.1) is 24.4 Å². The van der Waals surface area contributed by atoms with E-state index in [4.69, 9.17) is 4.74 Å². The maximum Gasteiger partial charge on any atom is 0.243 e. The van der Waals surface area contributed by atoms with Crippen molar-refractivity contribution in [1.82, 2.24) is 13.5 Å². The first-order valence-electron chi connectivity index (χ1n) is 9.62. The van der Waals surface area contributed by atoms with Gasteiger partial charge in [0.1, 0.15) is 5.82 Å². The highest BCUT2D eigenvalue weighted by atomic mass is 32.2. The number of aryl methyl sites for hydroxylation is 1. The van der Waals surface area contributed by atoms with Crippen LogP contribution in [0.4, 0.5) is 4.39 Å². The molecule has 2 aliphatic heterocycles. The SMILES string of the molecule is Cc1ccc(F)cc1S(=O)(=O)N1CCC(N(CCN2CCOCC2)S(C)(=O)=O)C1. The minimum absolute atomic E-state index is 0.0640. The summed E-state index contributed by atoms with van der Waals surface area (Å²) in [5.41, 5.74) is 0.460. The molecular formula is C18H28FN3O5S2. The fourth-order valence-electron chi connectivity index (χ4n) is 3.84. The first-order chi connectivity index (χ1) is 13.6. The highest BCUT2D eigenvalue weighted by Crippen LogP contribution is 2.27. The number of sulfonamides is 2. The molecule has 0 radical (unpaired) electrons. The van der Waals surface area contributed by atoms with Crippen molar-refractivity contribution in [2.45, 2.75) is 24.3 Å². The number of benzene rings is 1. The van der Waals surface area contributed by atoms with Gasteiger partial charge in [0.2, 0.25) is 20.0 Å². The molecule has 2 fully saturated rings. The summed E-state index contributed by atoms with van der Waals surface area (Å²) >= 11 is 0. The Morgan fingerprint density at radius 2 is 1.86 bits per heavy atom. The molecule has 0 spiro atoms. The summed E-state index contributed by atoms with van der Waals surface area (Å²) in [6.07, 6.45) is 1.56. The second-order valence-electron chi connectivity index (χ2n) is 7.54. The predicted octanol–water partition coefficient (Wildman–Crippen LogP) is 0.491. The smallest absolute Gasteiger partial charge is 0.243 e. The average Bonchev–Trinajstić information content (AvgIpc) is 3.14. The third-order valence-corrected chi connectivity index (χ3v) is 8.81. The van der Waals surface area contributed by atoms with E-state index in [1.807, 2.05) is 0 Å². The molecule has 11 heteroatoms. The van der Waals surface area contributed by atoms with Crippen LogP contribution in [0.2, 0.25) is 0 Å². The van der Waals surface area contributed by atoms with Crippen molar-refractivity contribution >= 4 is 20.0 Å². The summed E-state index contributed by atoms with van der Waals surface area (Å²) in [5.74, 6) is -0.617. The number of ether oxygens (including phenoxy) is 1. The molecule has 0 saturated carbocycles. The molecule has 164 valence electrons. The summed E-state index contributed by atoms with van der Waals surface area (Å²) in [5, 5.41) is 0. The lowest BCUT2D eigenvalue weighted by molar-refractivity contribution is 0.0354. The Labute approximate surface area is 172 Å². The van der Waals surface area contributed by atoms with Crippen molar-refractivity contribution in [1.29, 1.82) is 0 Å². The van der Waals surface area contributed by atoms with E-state index in [0.717, 1.165) is 25.4 Å². The van der Waals surface area contributed by atoms with Gasteiger partial charge in [-0.15, -0.1) is 0 Å². The lowest BCUT2D eigenvalue weighted by Crippen LogP contribution is -2.47.